The zero-order valence-corrected chi connectivity index (χ0v) is 16.8. The monoisotopic (exact) mass is 404 g/mol. The van der Waals surface area contributed by atoms with Gasteiger partial charge in [0, 0.05) is 44.4 Å². The maximum Gasteiger partial charge on any atom is 0.224 e. The first-order chi connectivity index (χ1) is 13.6. The number of hydrogen-bond donors (Lipinski definition) is 1. The number of ether oxygens (including phenoxy) is 1. The molecule has 1 aromatic heterocycles. The van der Waals surface area contributed by atoms with Crippen molar-refractivity contribution < 1.29 is 14.3 Å². The quantitative estimate of drug-likeness (QED) is 0.514. The number of tetrazole rings is 1. The van der Waals surface area contributed by atoms with Crippen LogP contribution in [-0.2, 0) is 23.2 Å². The fourth-order valence-corrected chi connectivity index (χ4v) is 3.83. The molecule has 1 atom stereocenters. The van der Waals surface area contributed by atoms with E-state index in [1.165, 1.54) is 11.8 Å². The molecule has 9 nitrogen and oxygen atoms in total. The largest absolute Gasteiger partial charge is 0.496 e. The molecule has 0 saturated carbocycles. The van der Waals surface area contributed by atoms with Crippen molar-refractivity contribution in [3.05, 3.63) is 29.8 Å². The van der Waals surface area contributed by atoms with Crippen LogP contribution < -0.4 is 10.1 Å². The number of para-hydroxylation sites is 1. The molecule has 0 spiro atoms. The van der Waals surface area contributed by atoms with Gasteiger partial charge in [0.05, 0.1) is 13.0 Å². The zero-order valence-electron chi connectivity index (χ0n) is 16.0. The summed E-state index contributed by atoms with van der Waals surface area (Å²) in [6.07, 6.45) is 0.958. The molecular weight excluding hydrogens is 380 g/mol. The molecule has 1 saturated heterocycles. The zero-order chi connectivity index (χ0) is 19.9. The van der Waals surface area contributed by atoms with Crippen molar-refractivity contribution in [2.45, 2.75) is 24.5 Å². The van der Waals surface area contributed by atoms with Crippen molar-refractivity contribution in [3.63, 3.8) is 0 Å². The highest BCUT2D eigenvalue weighted by atomic mass is 32.2. The van der Waals surface area contributed by atoms with Gasteiger partial charge in [-0.15, -0.1) is 5.10 Å². The van der Waals surface area contributed by atoms with Gasteiger partial charge in [-0.3, -0.25) is 9.59 Å². The van der Waals surface area contributed by atoms with Crippen LogP contribution in [0, 0.1) is 5.92 Å². The van der Waals surface area contributed by atoms with Crippen LogP contribution in [0.15, 0.2) is 29.4 Å². The lowest BCUT2D eigenvalue weighted by atomic mass is 9.96. The molecule has 2 amide bonds. The van der Waals surface area contributed by atoms with Crippen LogP contribution in [0.25, 0.3) is 0 Å². The molecular formula is C18H24N6O3S. The van der Waals surface area contributed by atoms with Gasteiger partial charge in [0.2, 0.25) is 17.0 Å². The predicted molar refractivity (Wildman–Crippen MR) is 104 cm³/mol. The number of nitrogens with one attached hydrogen (secondary N) is 1. The topological polar surface area (TPSA) is 102 Å². The number of amides is 2. The highest BCUT2D eigenvalue weighted by molar-refractivity contribution is 7.99. The van der Waals surface area contributed by atoms with E-state index in [0.29, 0.717) is 43.4 Å². The molecule has 1 aliphatic rings. The first kappa shape index (κ1) is 20.1. The van der Waals surface area contributed by atoms with Crippen molar-refractivity contribution in [2.75, 3.05) is 26.0 Å². The Labute approximate surface area is 167 Å². The molecule has 3 rings (SSSR count). The third-order valence-corrected chi connectivity index (χ3v) is 5.65. The minimum atomic E-state index is -0.200. The summed E-state index contributed by atoms with van der Waals surface area (Å²) in [5, 5.41) is 14.9. The van der Waals surface area contributed by atoms with E-state index in [9.17, 15) is 9.59 Å². The molecule has 1 aromatic carbocycles. The van der Waals surface area contributed by atoms with E-state index in [1.807, 2.05) is 24.3 Å². The minimum absolute atomic E-state index is 0.0192. The summed E-state index contributed by atoms with van der Waals surface area (Å²) < 4.78 is 6.96. The number of carbonyl (C=O) groups is 2. The lowest BCUT2D eigenvalue weighted by Crippen LogP contribution is -2.45. The van der Waals surface area contributed by atoms with Crippen molar-refractivity contribution in [1.82, 2.24) is 30.4 Å². The highest BCUT2D eigenvalue weighted by Gasteiger charge is 2.30. The molecule has 1 N–H and O–H groups in total. The summed E-state index contributed by atoms with van der Waals surface area (Å²) >= 11 is 1.48. The second-order valence-electron chi connectivity index (χ2n) is 6.55. The number of methoxy groups -OCH3 is 1. The molecule has 0 radical (unpaired) electrons. The van der Waals surface area contributed by atoms with E-state index in [1.54, 1.807) is 23.7 Å². The van der Waals surface area contributed by atoms with Gasteiger partial charge in [0.1, 0.15) is 5.75 Å². The smallest absolute Gasteiger partial charge is 0.224 e. The van der Waals surface area contributed by atoms with Crippen LogP contribution in [0.4, 0.5) is 0 Å². The Morgan fingerprint density at radius 1 is 1.39 bits per heavy atom. The second kappa shape index (κ2) is 9.54. The van der Waals surface area contributed by atoms with Crippen LogP contribution in [0.3, 0.4) is 0 Å². The molecule has 150 valence electrons. The lowest BCUT2D eigenvalue weighted by Gasteiger charge is -2.32. The van der Waals surface area contributed by atoms with Gasteiger partial charge < -0.3 is 15.0 Å². The summed E-state index contributed by atoms with van der Waals surface area (Å²) in [7, 11) is 3.39. The van der Waals surface area contributed by atoms with Crippen LogP contribution in [0.5, 0.6) is 5.75 Å². The average molecular weight is 404 g/mol. The molecule has 2 heterocycles. The Morgan fingerprint density at radius 2 is 2.21 bits per heavy atom. The Kier molecular flexibility index (Phi) is 6.85. The van der Waals surface area contributed by atoms with Gasteiger partial charge in [0.25, 0.3) is 0 Å². The Balaban J connectivity index is 1.49. The van der Waals surface area contributed by atoms with Crippen LogP contribution in [0.2, 0.25) is 0 Å². The number of aryl methyl sites for hydroxylation is 1. The van der Waals surface area contributed by atoms with Crippen molar-refractivity contribution in [1.29, 1.82) is 0 Å². The summed E-state index contributed by atoms with van der Waals surface area (Å²) in [6, 6.07) is 7.62. The third-order valence-electron chi connectivity index (χ3n) is 4.64. The Bertz CT molecular complexity index is 827. The number of likely N-dealkylation sites (tertiary alicyclic amines) is 1. The summed E-state index contributed by atoms with van der Waals surface area (Å²) in [4.78, 5) is 26.6. The number of aromatic nitrogens is 4. The molecule has 1 aliphatic heterocycles. The third kappa shape index (κ3) is 5.00. The molecule has 2 aromatic rings. The molecule has 0 aliphatic carbocycles. The fraction of sp³-hybridized carbons (Fsp3) is 0.500. The maximum atomic E-state index is 12.5. The number of hydrogen-bond acceptors (Lipinski definition) is 7. The normalized spacial score (nSPS) is 16.9. The van der Waals surface area contributed by atoms with E-state index in [4.69, 9.17) is 4.74 Å². The van der Waals surface area contributed by atoms with Gasteiger partial charge in [0.15, 0.2) is 0 Å². The van der Waals surface area contributed by atoms with Gasteiger partial charge >= 0.3 is 0 Å². The average Bonchev–Trinajstić information content (AvgIpc) is 3.12. The van der Waals surface area contributed by atoms with Crippen molar-refractivity contribution in [3.8, 4) is 5.75 Å². The summed E-state index contributed by atoms with van der Waals surface area (Å²) in [6.45, 7) is 1.39. The number of nitrogens with zero attached hydrogens (tertiary/aromatic N) is 5. The first-order valence-corrected chi connectivity index (χ1v) is 10.1. The number of carbonyl (C=O) groups excluding carboxylic acids is 2. The SMILES string of the molecule is COc1ccccc1CN1C[C@H](C(=O)NCCSc2nnnn2C)CCC1=O. The van der Waals surface area contributed by atoms with Crippen LogP contribution in [-0.4, -0.2) is 62.9 Å². The molecule has 0 unspecified atom stereocenters. The van der Waals surface area contributed by atoms with Gasteiger partial charge in [-0.25, -0.2) is 4.68 Å². The summed E-state index contributed by atoms with van der Waals surface area (Å²) in [5.41, 5.74) is 0.938. The Hall–Kier alpha value is -2.62. The van der Waals surface area contributed by atoms with E-state index in [-0.39, 0.29) is 17.7 Å². The molecule has 1 fully saturated rings. The lowest BCUT2D eigenvalue weighted by molar-refractivity contribution is -0.138. The minimum Gasteiger partial charge on any atom is -0.496 e. The van der Waals surface area contributed by atoms with E-state index >= 15 is 0 Å². The van der Waals surface area contributed by atoms with Gasteiger partial charge in [-0.05, 0) is 22.9 Å². The first-order valence-electron chi connectivity index (χ1n) is 9.11. The number of rotatable bonds is 8. The van der Waals surface area contributed by atoms with E-state index < -0.39 is 0 Å². The van der Waals surface area contributed by atoms with Gasteiger partial charge in [-0.2, -0.15) is 0 Å². The molecule has 0 bridgehead atoms. The van der Waals surface area contributed by atoms with Crippen molar-refractivity contribution in [2.24, 2.45) is 13.0 Å². The van der Waals surface area contributed by atoms with Crippen molar-refractivity contribution >= 4 is 23.6 Å². The van der Waals surface area contributed by atoms with Gasteiger partial charge in [-0.1, -0.05) is 30.0 Å². The number of piperidine rings is 1. The van der Waals surface area contributed by atoms with E-state index in [0.717, 1.165) is 11.3 Å². The number of thioether (sulfide) groups is 1. The van der Waals surface area contributed by atoms with E-state index in [2.05, 4.69) is 20.8 Å². The maximum absolute atomic E-state index is 12.5. The Morgan fingerprint density at radius 3 is 2.96 bits per heavy atom. The summed E-state index contributed by atoms with van der Waals surface area (Å²) in [5.74, 6) is 1.27. The molecule has 28 heavy (non-hydrogen) atoms. The number of benzene rings is 1. The van der Waals surface area contributed by atoms with Crippen LogP contribution >= 0.6 is 11.8 Å². The fourth-order valence-electron chi connectivity index (χ4n) is 3.13. The highest BCUT2D eigenvalue weighted by Crippen LogP contribution is 2.24. The predicted octanol–water partition coefficient (Wildman–Crippen LogP) is 0.866. The van der Waals surface area contributed by atoms with Crippen LogP contribution in [0.1, 0.15) is 18.4 Å². The second-order valence-corrected chi connectivity index (χ2v) is 7.61. The standard InChI is InChI=1S/C18H24N6O3S/c1-23-18(20-21-22-23)28-10-9-19-17(26)14-7-8-16(25)24(12-14)11-13-5-3-4-6-15(13)27-2/h3-6,14H,7-12H2,1-2H3,(H,19,26)/t14-/m1/s1. The molecule has 10 heteroatoms.